The molecule has 0 saturated heterocycles. The number of ether oxygens (including phenoxy) is 2. The summed E-state index contributed by atoms with van der Waals surface area (Å²) < 4.78 is 10.4. The fraction of sp³-hybridized carbons (Fsp3) is 0.538. The van der Waals surface area contributed by atoms with Crippen molar-refractivity contribution in [1.82, 2.24) is 4.98 Å². The molecular formula is C13H18N2O4. The zero-order valence-corrected chi connectivity index (χ0v) is 11.3. The van der Waals surface area contributed by atoms with Crippen molar-refractivity contribution in [2.45, 2.75) is 26.1 Å². The van der Waals surface area contributed by atoms with E-state index in [0.717, 1.165) is 24.0 Å². The lowest BCUT2D eigenvalue weighted by molar-refractivity contribution is -0.108. The van der Waals surface area contributed by atoms with Gasteiger partial charge in [0.2, 0.25) is 6.29 Å². The van der Waals surface area contributed by atoms with Gasteiger partial charge in [0.05, 0.1) is 5.69 Å². The number of methoxy groups -OCH3 is 2. The molecule has 19 heavy (non-hydrogen) atoms. The summed E-state index contributed by atoms with van der Waals surface area (Å²) in [7, 11) is 3.05. The van der Waals surface area contributed by atoms with E-state index in [0.29, 0.717) is 18.1 Å². The van der Waals surface area contributed by atoms with E-state index < -0.39 is 12.4 Å². The minimum absolute atomic E-state index is 0.475. The van der Waals surface area contributed by atoms with Crippen LogP contribution in [0.25, 0.3) is 0 Å². The van der Waals surface area contributed by atoms with E-state index in [1.165, 1.54) is 19.1 Å². The van der Waals surface area contributed by atoms with Crippen LogP contribution in [0.15, 0.2) is 6.07 Å². The van der Waals surface area contributed by atoms with Crippen LogP contribution in [0.3, 0.4) is 0 Å². The van der Waals surface area contributed by atoms with E-state index in [1.54, 1.807) is 0 Å². The molecular weight excluding hydrogens is 248 g/mol. The van der Waals surface area contributed by atoms with Crippen LogP contribution in [0, 0.1) is 6.92 Å². The molecule has 1 N–H and O–H groups in total. The van der Waals surface area contributed by atoms with Gasteiger partial charge in [0.15, 0.2) is 0 Å². The van der Waals surface area contributed by atoms with Crippen molar-refractivity contribution in [2.75, 3.05) is 25.7 Å². The third-order valence-corrected chi connectivity index (χ3v) is 3.31. The van der Waals surface area contributed by atoms with Crippen molar-refractivity contribution in [1.29, 1.82) is 0 Å². The van der Waals surface area contributed by atoms with Crippen LogP contribution in [0.1, 0.15) is 29.5 Å². The molecule has 0 atom stereocenters. The fourth-order valence-electron chi connectivity index (χ4n) is 2.40. The number of aryl methyl sites for hydroxylation is 1. The van der Waals surface area contributed by atoms with Crippen LogP contribution in [0.2, 0.25) is 0 Å². The summed E-state index contributed by atoms with van der Waals surface area (Å²) in [6.07, 6.45) is 0.111. The highest BCUT2D eigenvalue weighted by Crippen LogP contribution is 2.30. The quantitative estimate of drug-likeness (QED) is 0.848. The molecule has 104 valence electrons. The number of rotatable bonds is 3. The molecule has 0 radical (unpaired) electrons. The van der Waals surface area contributed by atoms with Gasteiger partial charge in [-0.1, -0.05) is 0 Å². The number of carbonyl (C=O) groups is 1. The molecule has 0 spiro atoms. The summed E-state index contributed by atoms with van der Waals surface area (Å²) >= 11 is 0. The first-order valence-corrected chi connectivity index (χ1v) is 6.15. The average Bonchev–Trinajstić information content (AvgIpc) is 2.39. The largest absolute Gasteiger partial charge is 0.465 e. The third-order valence-electron chi connectivity index (χ3n) is 3.31. The van der Waals surface area contributed by atoms with E-state index >= 15 is 0 Å². The first-order valence-electron chi connectivity index (χ1n) is 6.15. The van der Waals surface area contributed by atoms with Crippen molar-refractivity contribution >= 4 is 11.9 Å². The van der Waals surface area contributed by atoms with Gasteiger partial charge in [-0.2, -0.15) is 0 Å². The second-order valence-corrected chi connectivity index (χ2v) is 4.51. The molecule has 1 aliphatic rings. The molecule has 1 aromatic heterocycles. The second-order valence-electron chi connectivity index (χ2n) is 4.51. The molecule has 1 amide bonds. The molecule has 6 nitrogen and oxygen atoms in total. The maximum absolute atomic E-state index is 11.3. The van der Waals surface area contributed by atoms with Crippen LogP contribution in [-0.2, 0) is 15.9 Å². The predicted octanol–water partition coefficient (Wildman–Crippen LogP) is 2.11. The van der Waals surface area contributed by atoms with E-state index in [4.69, 9.17) is 9.47 Å². The number of aromatic nitrogens is 1. The number of nitrogens with zero attached hydrogens (tertiary/aromatic N) is 2. The Balaban J connectivity index is 2.50. The number of fused-ring (bicyclic) bond motifs is 1. The molecule has 0 saturated carbocycles. The van der Waals surface area contributed by atoms with Gasteiger partial charge in [0.25, 0.3) is 0 Å². The Morgan fingerprint density at radius 1 is 1.47 bits per heavy atom. The normalized spacial score (nSPS) is 14.6. The monoisotopic (exact) mass is 266 g/mol. The standard InChI is InChI=1S/C13H18N2O4/c1-8-7-10(12(18-2)19-3)14-11-9(8)5-4-6-15(11)13(16)17/h7,12H,4-6H2,1-3H3,(H,16,17). The minimum Gasteiger partial charge on any atom is -0.465 e. The van der Waals surface area contributed by atoms with E-state index in [9.17, 15) is 9.90 Å². The van der Waals surface area contributed by atoms with Gasteiger partial charge < -0.3 is 14.6 Å². The van der Waals surface area contributed by atoms with E-state index in [1.807, 2.05) is 13.0 Å². The summed E-state index contributed by atoms with van der Waals surface area (Å²) in [5, 5.41) is 9.24. The Morgan fingerprint density at radius 2 is 2.16 bits per heavy atom. The first-order chi connectivity index (χ1) is 9.08. The van der Waals surface area contributed by atoms with Gasteiger partial charge in [0.1, 0.15) is 5.82 Å². The Bertz CT molecular complexity index is 486. The minimum atomic E-state index is -0.976. The van der Waals surface area contributed by atoms with Crippen molar-refractivity contribution < 1.29 is 19.4 Å². The predicted molar refractivity (Wildman–Crippen MR) is 69.4 cm³/mol. The molecule has 0 aromatic carbocycles. The van der Waals surface area contributed by atoms with Crippen molar-refractivity contribution in [3.05, 3.63) is 22.9 Å². The number of pyridine rings is 1. The van der Waals surface area contributed by atoms with Crippen LogP contribution >= 0.6 is 0 Å². The summed E-state index contributed by atoms with van der Waals surface area (Å²) in [4.78, 5) is 17.0. The molecule has 2 rings (SSSR count). The Morgan fingerprint density at radius 3 is 2.74 bits per heavy atom. The summed E-state index contributed by atoms with van der Waals surface area (Å²) in [6.45, 7) is 2.43. The highest BCUT2D eigenvalue weighted by Gasteiger charge is 2.26. The molecule has 2 heterocycles. The number of hydrogen-bond acceptors (Lipinski definition) is 4. The van der Waals surface area contributed by atoms with Crippen LogP contribution in [0.5, 0.6) is 0 Å². The topological polar surface area (TPSA) is 71.9 Å². The number of amides is 1. The lowest BCUT2D eigenvalue weighted by Gasteiger charge is -2.28. The average molecular weight is 266 g/mol. The number of anilines is 1. The molecule has 0 unspecified atom stereocenters. The second kappa shape index (κ2) is 5.54. The van der Waals surface area contributed by atoms with Gasteiger partial charge >= 0.3 is 6.09 Å². The zero-order valence-electron chi connectivity index (χ0n) is 11.3. The first kappa shape index (κ1) is 13.8. The van der Waals surface area contributed by atoms with Gasteiger partial charge in [-0.3, -0.25) is 4.90 Å². The smallest absolute Gasteiger partial charge is 0.413 e. The van der Waals surface area contributed by atoms with Crippen molar-refractivity contribution in [3.63, 3.8) is 0 Å². The molecule has 1 aromatic rings. The molecule has 6 heteroatoms. The molecule has 1 aliphatic heterocycles. The van der Waals surface area contributed by atoms with Crippen LogP contribution < -0.4 is 4.90 Å². The lowest BCUT2D eigenvalue weighted by atomic mass is 10.00. The van der Waals surface area contributed by atoms with Gasteiger partial charge in [0, 0.05) is 20.8 Å². The molecule has 0 bridgehead atoms. The number of hydrogen-bond donors (Lipinski definition) is 1. The Hall–Kier alpha value is -1.66. The zero-order chi connectivity index (χ0) is 14.0. The maximum atomic E-state index is 11.3. The highest BCUT2D eigenvalue weighted by atomic mass is 16.7. The summed E-state index contributed by atoms with van der Waals surface area (Å²) in [5.41, 5.74) is 2.60. The van der Waals surface area contributed by atoms with Crippen molar-refractivity contribution in [2.24, 2.45) is 0 Å². The Labute approximate surface area is 112 Å². The van der Waals surface area contributed by atoms with Gasteiger partial charge in [-0.25, -0.2) is 9.78 Å². The number of carboxylic acid groups (broad SMARTS) is 1. The van der Waals surface area contributed by atoms with Crippen LogP contribution in [0.4, 0.5) is 10.6 Å². The SMILES string of the molecule is COC(OC)c1cc(C)c2c(n1)N(C(=O)O)CCC2. The Kier molecular flexibility index (Phi) is 4.01. The van der Waals surface area contributed by atoms with E-state index in [2.05, 4.69) is 4.98 Å². The molecule has 0 fully saturated rings. The van der Waals surface area contributed by atoms with Crippen molar-refractivity contribution in [3.8, 4) is 0 Å². The summed E-state index contributed by atoms with van der Waals surface area (Å²) in [6, 6.07) is 1.89. The lowest BCUT2D eigenvalue weighted by Crippen LogP contribution is -2.35. The van der Waals surface area contributed by atoms with Gasteiger partial charge in [-0.15, -0.1) is 0 Å². The molecule has 0 aliphatic carbocycles. The fourth-order valence-corrected chi connectivity index (χ4v) is 2.40. The highest BCUT2D eigenvalue weighted by molar-refractivity contribution is 5.86. The van der Waals surface area contributed by atoms with Crippen LogP contribution in [-0.4, -0.2) is 36.9 Å². The third kappa shape index (κ3) is 2.54. The summed E-state index contributed by atoms with van der Waals surface area (Å²) in [5.74, 6) is 0.507. The van der Waals surface area contributed by atoms with Gasteiger partial charge in [-0.05, 0) is 37.0 Å². The van der Waals surface area contributed by atoms with E-state index in [-0.39, 0.29) is 0 Å². The maximum Gasteiger partial charge on any atom is 0.413 e.